The summed E-state index contributed by atoms with van der Waals surface area (Å²) in [6.07, 6.45) is -0.358. The van der Waals surface area contributed by atoms with Gasteiger partial charge in [0.05, 0.1) is 12.7 Å². The number of amidine groups is 1. The van der Waals surface area contributed by atoms with Gasteiger partial charge in [0.1, 0.15) is 0 Å². The van der Waals surface area contributed by atoms with Gasteiger partial charge in [-0.3, -0.25) is 4.90 Å². The molecule has 3 aromatic rings. The number of anilines is 1. The van der Waals surface area contributed by atoms with Gasteiger partial charge in [-0.05, 0) is 24.3 Å². The Balaban J connectivity index is 1.72. The van der Waals surface area contributed by atoms with Crippen LogP contribution >= 0.6 is 0 Å². The van der Waals surface area contributed by atoms with Crippen LogP contribution in [0.5, 0.6) is 0 Å². The average Bonchev–Trinajstić information content (AvgIpc) is 3.19. The van der Waals surface area contributed by atoms with Crippen molar-refractivity contribution in [2.75, 3.05) is 12.0 Å². The van der Waals surface area contributed by atoms with E-state index in [1.54, 1.807) is 12.1 Å². The summed E-state index contributed by atoms with van der Waals surface area (Å²) in [6.45, 7) is 0. The first-order valence-corrected chi connectivity index (χ1v) is 8.60. The van der Waals surface area contributed by atoms with Crippen LogP contribution in [0.4, 0.5) is 5.69 Å². The predicted octanol–water partition coefficient (Wildman–Crippen LogP) is 4.37. The van der Waals surface area contributed by atoms with Crippen molar-refractivity contribution in [2.24, 2.45) is 5.16 Å². The number of hydrogen-bond acceptors (Lipinski definition) is 5. The van der Waals surface area contributed by atoms with Gasteiger partial charge in [-0.15, -0.1) is 0 Å². The van der Waals surface area contributed by atoms with Crippen LogP contribution in [-0.4, -0.2) is 18.9 Å². The van der Waals surface area contributed by atoms with Gasteiger partial charge >= 0.3 is 5.97 Å². The molecule has 5 heteroatoms. The molecule has 0 radical (unpaired) electrons. The second kappa shape index (κ2) is 7.33. The summed E-state index contributed by atoms with van der Waals surface area (Å²) in [6, 6.07) is 27.1. The van der Waals surface area contributed by atoms with Crippen LogP contribution in [0.2, 0.25) is 0 Å². The van der Waals surface area contributed by atoms with Gasteiger partial charge in [-0.25, -0.2) is 4.79 Å². The fourth-order valence-corrected chi connectivity index (χ4v) is 3.04. The Labute approximate surface area is 157 Å². The van der Waals surface area contributed by atoms with E-state index in [4.69, 9.17) is 9.57 Å². The molecule has 4 rings (SSSR count). The molecule has 1 atom stereocenters. The van der Waals surface area contributed by atoms with Crippen LogP contribution in [-0.2, 0) is 9.57 Å². The van der Waals surface area contributed by atoms with E-state index in [0.717, 1.165) is 16.8 Å². The van der Waals surface area contributed by atoms with E-state index in [1.807, 2.05) is 77.7 Å². The molecular weight excluding hydrogens is 340 g/mol. The molecule has 1 aliphatic rings. The Morgan fingerprint density at radius 3 is 2.19 bits per heavy atom. The van der Waals surface area contributed by atoms with Crippen molar-refractivity contribution in [1.82, 2.24) is 0 Å². The quantitative estimate of drug-likeness (QED) is 0.650. The van der Waals surface area contributed by atoms with E-state index in [1.165, 1.54) is 7.11 Å². The largest absolute Gasteiger partial charge is 0.465 e. The highest BCUT2D eigenvalue weighted by molar-refractivity contribution is 6.11. The summed E-state index contributed by atoms with van der Waals surface area (Å²) in [5.74, 6) is 0.319. The summed E-state index contributed by atoms with van der Waals surface area (Å²) >= 11 is 0. The number of ether oxygens (including phenoxy) is 1. The van der Waals surface area contributed by atoms with Crippen molar-refractivity contribution in [2.45, 2.75) is 6.23 Å². The number of rotatable bonds is 4. The second-order valence-electron chi connectivity index (χ2n) is 6.06. The van der Waals surface area contributed by atoms with Crippen LogP contribution in [0.3, 0.4) is 0 Å². The number of carbonyl (C=O) groups is 1. The lowest BCUT2D eigenvalue weighted by Gasteiger charge is -2.25. The third-order valence-corrected chi connectivity index (χ3v) is 4.39. The van der Waals surface area contributed by atoms with Crippen molar-refractivity contribution >= 4 is 17.5 Å². The molecule has 0 saturated heterocycles. The number of carbonyl (C=O) groups excluding carboxylic acids is 1. The topological polar surface area (TPSA) is 51.1 Å². The van der Waals surface area contributed by atoms with Crippen molar-refractivity contribution in [3.05, 3.63) is 102 Å². The summed E-state index contributed by atoms with van der Waals surface area (Å²) in [5, 5.41) is 4.34. The van der Waals surface area contributed by atoms with Gasteiger partial charge in [0.2, 0.25) is 6.23 Å². The molecule has 1 unspecified atom stereocenters. The number of esters is 1. The van der Waals surface area contributed by atoms with Crippen molar-refractivity contribution in [1.29, 1.82) is 0 Å². The fourth-order valence-electron chi connectivity index (χ4n) is 3.04. The Morgan fingerprint density at radius 2 is 1.56 bits per heavy atom. The van der Waals surface area contributed by atoms with Crippen molar-refractivity contribution < 1.29 is 14.4 Å². The minimum absolute atomic E-state index is 0.358. The SMILES string of the molecule is COC(=O)c1ccc(C2=NOC(c3ccccc3)N2c2ccccc2)cc1. The van der Waals surface area contributed by atoms with E-state index < -0.39 is 0 Å². The maximum atomic E-state index is 11.7. The van der Waals surface area contributed by atoms with E-state index in [9.17, 15) is 4.79 Å². The van der Waals surface area contributed by atoms with Crippen LogP contribution in [0.15, 0.2) is 90.1 Å². The molecule has 27 heavy (non-hydrogen) atoms. The first-order valence-electron chi connectivity index (χ1n) is 8.60. The van der Waals surface area contributed by atoms with Gasteiger partial charge in [0.15, 0.2) is 5.84 Å². The molecular formula is C22H18N2O3. The van der Waals surface area contributed by atoms with Crippen LogP contribution in [0, 0.1) is 0 Å². The lowest BCUT2D eigenvalue weighted by Crippen LogP contribution is -2.31. The molecule has 0 fully saturated rings. The number of nitrogens with zero attached hydrogens (tertiary/aromatic N) is 2. The number of hydrogen-bond donors (Lipinski definition) is 0. The molecule has 3 aromatic carbocycles. The first kappa shape index (κ1) is 16.8. The molecule has 0 aliphatic carbocycles. The Morgan fingerprint density at radius 1 is 0.926 bits per heavy atom. The highest BCUT2D eigenvalue weighted by atomic mass is 16.7. The maximum absolute atomic E-state index is 11.7. The van der Waals surface area contributed by atoms with Gasteiger partial charge < -0.3 is 9.57 Å². The summed E-state index contributed by atoms with van der Waals surface area (Å²) in [4.78, 5) is 19.5. The number of oxime groups is 1. The lowest BCUT2D eigenvalue weighted by atomic mass is 10.1. The zero-order valence-corrected chi connectivity index (χ0v) is 14.8. The molecule has 1 heterocycles. The Kier molecular flexibility index (Phi) is 4.58. The third-order valence-electron chi connectivity index (χ3n) is 4.39. The molecule has 0 amide bonds. The monoisotopic (exact) mass is 358 g/mol. The molecule has 134 valence electrons. The van der Waals surface area contributed by atoms with Gasteiger partial charge in [-0.1, -0.05) is 65.8 Å². The number of methoxy groups -OCH3 is 1. The van der Waals surface area contributed by atoms with Gasteiger partial charge in [0, 0.05) is 16.8 Å². The molecule has 1 aliphatic heterocycles. The molecule has 0 spiro atoms. The summed E-state index contributed by atoms with van der Waals surface area (Å²) < 4.78 is 4.76. The van der Waals surface area contributed by atoms with Crippen LogP contribution < -0.4 is 4.90 Å². The van der Waals surface area contributed by atoms with Gasteiger partial charge in [0.25, 0.3) is 0 Å². The van der Waals surface area contributed by atoms with E-state index in [0.29, 0.717) is 11.4 Å². The van der Waals surface area contributed by atoms with Crippen molar-refractivity contribution in [3.8, 4) is 0 Å². The predicted molar refractivity (Wildman–Crippen MR) is 104 cm³/mol. The van der Waals surface area contributed by atoms with E-state index in [2.05, 4.69) is 5.16 Å². The number of benzene rings is 3. The number of para-hydroxylation sites is 1. The molecule has 0 aromatic heterocycles. The lowest BCUT2D eigenvalue weighted by molar-refractivity contribution is 0.0600. The standard InChI is InChI=1S/C22H18N2O3/c1-26-22(25)18-14-12-16(13-15-18)20-23-27-21(17-8-4-2-5-9-17)24(20)19-10-6-3-7-11-19/h2-15,21H,1H3. The van der Waals surface area contributed by atoms with Gasteiger partial charge in [-0.2, -0.15) is 0 Å². The zero-order chi connectivity index (χ0) is 18.6. The molecule has 5 nitrogen and oxygen atoms in total. The summed E-state index contributed by atoms with van der Waals surface area (Å²) in [5.41, 5.74) is 3.32. The van der Waals surface area contributed by atoms with E-state index >= 15 is 0 Å². The second-order valence-corrected chi connectivity index (χ2v) is 6.06. The van der Waals surface area contributed by atoms with Crippen LogP contribution in [0.1, 0.15) is 27.7 Å². The smallest absolute Gasteiger partial charge is 0.337 e. The first-order chi connectivity index (χ1) is 13.3. The zero-order valence-electron chi connectivity index (χ0n) is 14.8. The minimum Gasteiger partial charge on any atom is -0.465 e. The molecule has 0 bridgehead atoms. The highest BCUT2D eigenvalue weighted by Crippen LogP contribution is 2.34. The molecule has 0 saturated carbocycles. The normalized spacial score (nSPS) is 15.8. The Hall–Kier alpha value is -3.60. The Bertz CT molecular complexity index is 954. The van der Waals surface area contributed by atoms with Crippen molar-refractivity contribution in [3.63, 3.8) is 0 Å². The average molecular weight is 358 g/mol. The third kappa shape index (κ3) is 3.27. The van der Waals surface area contributed by atoms with E-state index in [-0.39, 0.29) is 12.2 Å². The molecule has 0 N–H and O–H groups in total. The maximum Gasteiger partial charge on any atom is 0.337 e. The fraction of sp³-hybridized carbons (Fsp3) is 0.0909. The minimum atomic E-state index is -0.367. The summed E-state index contributed by atoms with van der Waals surface area (Å²) in [7, 11) is 1.37. The van der Waals surface area contributed by atoms with Crippen LogP contribution in [0.25, 0.3) is 0 Å². The highest BCUT2D eigenvalue weighted by Gasteiger charge is 2.33.